The molecule has 0 saturated carbocycles. The molecule has 1 aromatic heterocycles. The van der Waals surface area contributed by atoms with Gasteiger partial charge in [0.05, 0.1) is 10.0 Å². The fourth-order valence-corrected chi connectivity index (χ4v) is 5.73. The second kappa shape index (κ2) is 11.0. The third-order valence-corrected chi connectivity index (χ3v) is 8.68. The Morgan fingerprint density at radius 2 is 1.74 bits per heavy atom. The summed E-state index contributed by atoms with van der Waals surface area (Å²) in [6.45, 7) is 2.83. The van der Waals surface area contributed by atoms with E-state index in [1.165, 1.54) is 18.3 Å². The lowest BCUT2D eigenvalue weighted by Crippen LogP contribution is -2.52. The summed E-state index contributed by atoms with van der Waals surface area (Å²) in [4.78, 5) is 20.4. The fraction of sp³-hybridized carbons (Fsp3) is 0.455. The Kier molecular flexibility index (Phi) is 8.24. The number of hydrogen-bond donors (Lipinski definition) is 1. The third kappa shape index (κ3) is 6.34. The number of ether oxygens (including phenoxy) is 1. The smallest absolute Gasteiger partial charge is 0.331 e. The molecule has 1 N–H and O–H groups in total. The lowest BCUT2D eigenvalue weighted by Gasteiger charge is -2.41. The number of urea groups is 1. The Labute approximate surface area is 217 Å². The van der Waals surface area contributed by atoms with Gasteiger partial charge in [-0.1, -0.05) is 23.2 Å². The quantitative estimate of drug-likeness (QED) is 0.513. The largest absolute Gasteiger partial charge is 0.490 e. The van der Waals surface area contributed by atoms with Crippen molar-refractivity contribution in [1.29, 1.82) is 0 Å². The number of aromatic nitrogens is 1. The second-order valence-electron chi connectivity index (χ2n) is 8.37. The van der Waals surface area contributed by atoms with E-state index in [-0.39, 0.29) is 11.0 Å². The van der Waals surface area contributed by atoms with Crippen LogP contribution < -0.4 is 9.46 Å². The lowest BCUT2D eigenvalue weighted by atomic mass is 9.99. The second-order valence-corrected chi connectivity index (χ2v) is 11.7. The van der Waals surface area contributed by atoms with Crippen molar-refractivity contribution in [1.82, 2.24) is 19.5 Å². The molecule has 2 amide bonds. The van der Waals surface area contributed by atoms with Gasteiger partial charge < -0.3 is 9.64 Å². The van der Waals surface area contributed by atoms with Crippen LogP contribution in [-0.2, 0) is 10.0 Å². The van der Waals surface area contributed by atoms with Crippen molar-refractivity contribution in [2.75, 3.05) is 26.2 Å². The molecule has 0 atom stereocenters. The number of likely N-dealkylation sites (tertiary alicyclic amines) is 2. The highest BCUT2D eigenvalue weighted by molar-refractivity contribution is 9.10. The van der Waals surface area contributed by atoms with Crippen LogP contribution in [0.3, 0.4) is 0 Å². The molecular weight excluding hydrogens is 567 g/mol. The highest BCUT2D eigenvalue weighted by atomic mass is 79.9. The zero-order chi connectivity index (χ0) is 24.3. The van der Waals surface area contributed by atoms with E-state index in [9.17, 15) is 13.2 Å². The van der Waals surface area contributed by atoms with Gasteiger partial charge in [-0.3, -0.25) is 4.90 Å². The van der Waals surface area contributed by atoms with Gasteiger partial charge in [0, 0.05) is 44.5 Å². The van der Waals surface area contributed by atoms with Crippen LogP contribution in [0.15, 0.2) is 46.0 Å². The average molecular weight is 592 g/mol. The number of hydrogen-bond acceptors (Lipinski definition) is 6. The molecule has 0 unspecified atom stereocenters. The Balaban J connectivity index is 1.23. The maximum atomic E-state index is 12.6. The third-order valence-electron chi connectivity index (χ3n) is 6.17. The summed E-state index contributed by atoms with van der Waals surface area (Å²) in [5.41, 5.74) is 0. The van der Waals surface area contributed by atoms with Gasteiger partial charge >= 0.3 is 6.03 Å². The van der Waals surface area contributed by atoms with E-state index in [0.29, 0.717) is 33.8 Å². The predicted molar refractivity (Wildman–Crippen MR) is 134 cm³/mol. The molecule has 0 radical (unpaired) electrons. The van der Waals surface area contributed by atoms with Crippen molar-refractivity contribution in [3.63, 3.8) is 0 Å². The molecule has 8 nitrogen and oxygen atoms in total. The molecule has 2 aromatic rings. The van der Waals surface area contributed by atoms with E-state index < -0.39 is 16.1 Å². The molecule has 0 aliphatic carbocycles. The number of rotatable bonds is 5. The number of nitrogens with zero attached hydrogens (tertiary/aromatic N) is 3. The molecule has 3 heterocycles. The molecule has 12 heteroatoms. The Morgan fingerprint density at radius 3 is 2.35 bits per heavy atom. The van der Waals surface area contributed by atoms with Crippen LogP contribution in [0, 0.1) is 0 Å². The summed E-state index contributed by atoms with van der Waals surface area (Å²) >= 11 is 15.2. The van der Waals surface area contributed by atoms with Crippen LogP contribution in [0.5, 0.6) is 5.75 Å². The van der Waals surface area contributed by atoms with Gasteiger partial charge in [-0.05, 0) is 65.9 Å². The van der Waals surface area contributed by atoms with Gasteiger partial charge in [-0.25, -0.2) is 22.9 Å². The minimum atomic E-state index is -3.96. The number of sulfonamides is 1. The van der Waals surface area contributed by atoms with Crippen molar-refractivity contribution < 1.29 is 17.9 Å². The summed E-state index contributed by atoms with van der Waals surface area (Å²) in [7, 11) is -3.96. The topological polar surface area (TPSA) is 91.8 Å². The molecule has 1 aromatic carbocycles. The Morgan fingerprint density at radius 1 is 1.03 bits per heavy atom. The van der Waals surface area contributed by atoms with Crippen molar-refractivity contribution >= 4 is 55.2 Å². The zero-order valence-electron chi connectivity index (χ0n) is 18.3. The van der Waals surface area contributed by atoms with E-state index in [4.69, 9.17) is 27.9 Å². The first-order valence-electron chi connectivity index (χ1n) is 11.0. The van der Waals surface area contributed by atoms with Crippen molar-refractivity contribution in [2.45, 2.75) is 42.7 Å². The van der Waals surface area contributed by atoms with Crippen molar-refractivity contribution in [3.8, 4) is 5.75 Å². The van der Waals surface area contributed by atoms with Crippen LogP contribution in [0.4, 0.5) is 4.79 Å². The van der Waals surface area contributed by atoms with Gasteiger partial charge in [-0.15, -0.1) is 0 Å². The Hall–Kier alpha value is -1.59. The number of pyridine rings is 1. The van der Waals surface area contributed by atoms with Gasteiger partial charge in [0.2, 0.25) is 0 Å². The van der Waals surface area contributed by atoms with Crippen LogP contribution in [0.1, 0.15) is 25.7 Å². The molecule has 0 spiro atoms. The van der Waals surface area contributed by atoms with E-state index in [0.717, 1.165) is 44.5 Å². The molecule has 0 bridgehead atoms. The van der Waals surface area contributed by atoms with Gasteiger partial charge in [0.15, 0.2) is 0 Å². The molecule has 34 heavy (non-hydrogen) atoms. The Bertz CT molecular complexity index is 1120. The molecule has 2 aliphatic heterocycles. The molecular formula is C22H25BrCl2N4O4S. The first-order chi connectivity index (χ1) is 16.2. The molecule has 4 rings (SSSR count). The van der Waals surface area contributed by atoms with Crippen molar-refractivity contribution in [3.05, 3.63) is 51.2 Å². The first kappa shape index (κ1) is 25.5. The van der Waals surface area contributed by atoms with E-state index in [1.807, 2.05) is 6.07 Å². The van der Waals surface area contributed by atoms with Crippen LogP contribution in [0.25, 0.3) is 0 Å². The minimum Gasteiger partial charge on any atom is -0.490 e. The van der Waals surface area contributed by atoms with E-state index in [2.05, 4.69) is 30.5 Å². The lowest BCUT2D eigenvalue weighted by molar-refractivity contribution is 0.0540. The average Bonchev–Trinajstić information content (AvgIpc) is 2.82. The van der Waals surface area contributed by atoms with Crippen molar-refractivity contribution in [2.24, 2.45) is 0 Å². The summed E-state index contributed by atoms with van der Waals surface area (Å²) in [5, 5.41) is 0.987. The molecule has 2 saturated heterocycles. The van der Waals surface area contributed by atoms with Gasteiger partial charge in [0.1, 0.15) is 21.4 Å². The van der Waals surface area contributed by atoms with E-state index in [1.54, 1.807) is 17.0 Å². The zero-order valence-corrected chi connectivity index (χ0v) is 22.2. The maximum absolute atomic E-state index is 12.6. The first-order valence-corrected chi connectivity index (χ1v) is 14.0. The molecule has 184 valence electrons. The number of carbonyl (C=O) groups excluding carboxylic acids is 1. The highest BCUT2D eigenvalue weighted by Crippen LogP contribution is 2.29. The summed E-state index contributed by atoms with van der Waals surface area (Å²) in [5.74, 6) is 0.723. The number of amides is 2. The van der Waals surface area contributed by atoms with Crippen LogP contribution in [-0.4, -0.2) is 67.6 Å². The number of nitrogens with one attached hydrogen (secondary N) is 1. The number of piperidine rings is 2. The molecule has 2 aliphatic rings. The van der Waals surface area contributed by atoms with E-state index >= 15 is 0 Å². The number of benzene rings is 1. The summed E-state index contributed by atoms with van der Waals surface area (Å²) < 4.78 is 33.7. The summed E-state index contributed by atoms with van der Waals surface area (Å²) in [6, 6.07) is 7.98. The normalized spacial score (nSPS) is 18.6. The van der Waals surface area contributed by atoms with Gasteiger partial charge in [0.25, 0.3) is 10.0 Å². The maximum Gasteiger partial charge on any atom is 0.331 e. The monoisotopic (exact) mass is 590 g/mol. The fourth-order valence-electron chi connectivity index (χ4n) is 4.30. The highest BCUT2D eigenvalue weighted by Gasteiger charge is 2.31. The SMILES string of the molecule is O=C(NS(=O)(=O)c1ccc(Br)nc1)N1CCC(N2CCC(Oc3ccc(Cl)c(Cl)c3)CC2)CC1. The summed E-state index contributed by atoms with van der Waals surface area (Å²) in [6.07, 6.45) is 4.73. The van der Waals surface area contributed by atoms with Crippen LogP contribution >= 0.6 is 39.1 Å². The predicted octanol–water partition coefficient (Wildman–Crippen LogP) is 4.56. The van der Waals surface area contributed by atoms with Crippen LogP contribution in [0.2, 0.25) is 10.0 Å². The number of halogens is 3. The number of carbonyl (C=O) groups is 1. The minimum absolute atomic E-state index is 0.0510. The van der Waals surface area contributed by atoms with Gasteiger partial charge in [-0.2, -0.15) is 0 Å². The standard InChI is InChI=1S/C22H25BrCl2N4O4S/c23-21-4-2-18(14-26-21)34(31,32)27-22(30)29-9-5-15(6-10-29)28-11-7-16(8-12-28)33-17-1-3-19(24)20(25)13-17/h1-4,13-16H,5-12H2,(H,27,30). The molecule has 2 fully saturated rings.